The van der Waals surface area contributed by atoms with E-state index in [0.29, 0.717) is 6.61 Å². The van der Waals surface area contributed by atoms with Crippen molar-refractivity contribution in [1.82, 2.24) is 9.38 Å². The molecule has 4 rings (SSSR count). The first-order valence-electron chi connectivity index (χ1n) is 7.86. The van der Waals surface area contributed by atoms with E-state index in [-0.39, 0.29) is 12.4 Å². The maximum Gasteiger partial charge on any atom is 0.310 e. The third-order valence-corrected chi connectivity index (χ3v) is 4.90. The highest BCUT2D eigenvalue weighted by atomic mass is 32.1. The summed E-state index contributed by atoms with van der Waals surface area (Å²) in [5.41, 5.74) is 3.05. The molecule has 0 aliphatic carbocycles. The zero-order chi connectivity index (χ0) is 16.5. The summed E-state index contributed by atoms with van der Waals surface area (Å²) < 4.78 is 7.29. The Kier molecular flexibility index (Phi) is 3.78. The summed E-state index contributed by atoms with van der Waals surface area (Å²) in [5.74, 6) is 0.694. The number of fused-ring (bicyclic) bond motifs is 3. The van der Waals surface area contributed by atoms with Gasteiger partial charge in [-0.2, -0.15) is 0 Å². The fraction of sp³-hybridized carbons (Fsp3) is 0.158. The second-order valence-corrected chi connectivity index (χ2v) is 6.39. The van der Waals surface area contributed by atoms with Gasteiger partial charge in [-0.3, -0.25) is 9.20 Å². The fourth-order valence-corrected chi connectivity index (χ4v) is 3.80. The van der Waals surface area contributed by atoms with Crippen LogP contribution in [0.1, 0.15) is 12.5 Å². The number of carbonyl (C=O) groups excluding carboxylic acids is 1. The molecule has 1 aromatic carbocycles. The lowest BCUT2D eigenvalue weighted by Gasteiger charge is -2.05. The highest BCUT2D eigenvalue weighted by Crippen LogP contribution is 2.32. The maximum atomic E-state index is 12.1. The third kappa shape index (κ3) is 2.37. The molecule has 0 N–H and O–H groups in total. The number of aromatic nitrogens is 2. The van der Waals surface area contributed by atoms with Crippen LogP contribution in [0.25, 0.3) is 27.1 Å². The van der Waals surface area contributed by atoms with E-state index in [2.05, 4.69) is 27.6 Å². The Balaban J connectivity index is 2.01. The van der Waals surface area contributed by atoms with Gasteiger partial charge in [0.05, 0.1) is 28.9 Å². The zero-order valence-corrected chi connectivity index (χ0v) is 14.0. The minimum absolute atomic E-state index is 0.203. The van der Waals surface area contributed by atoms with Crippen molar-refractivity contribution in [2.75, 3.05) is 6.61 Å². The van der Waals surface area contributed by atoms with Gasteiger partial charge in [-0.05, 0) is 36.1 Å². The first-order chi connectivity index (χ1) is 11.8. The van der Waals surface area contributed by atoms with E-state index in [9.17, 15) is 4.79 Å². The number of nitrogens with zero attached hydrogens (tertiary/aromatic N) is 2. The molecule has 0 saturated carbocycles. The van der Waals surface area contributed by atoms with Crippen LogP contribution in [0.3, 0.4) is 0 Å². The molecule has 0 unspecified atom stereocenters. The lowest BCUT2D eigenvalue weighted by atomic mass is 10.1. The van der Waals surface area contributed by atoms with Gasteiger partial charge in [-0.15, -0.1) is 11.3 Å². The molecule has 3 heterocycles. The second-order valence-electron chi connectivity index (χ2n) is 5.44. The van der Waals surface area contributed by atoms with Crippen LogP contribution in [0.5, 0.6) is 0 Å². The highest BCUT2D eigenvalue weighted by Gasteiger charge is 2.18. The van der Waals surface area contributed by atoms with Gasteiger partial charge >= 0.3 is 5.97 Å². The molecule has 0 atom stereocenters. The number of thiophene rings is 1. The number of rotatable bonds is 4. The predicted molar refractivity (Wildman–Crippen MR) is 96.3 cm³/mol. The van der Waals surface area contributed by atoms with Crippen molar-refractivity contribution >= 4 is 33.7 Å². The van der Waals surface area contributed by atoms with Crippen LogP contribution in [0.15, 0.2) is 54.0 Å². The molecular weight excluding hydrogens is 320 g/mol. The SMILES string of the molecule is CCOC(=O)Cc1c2ccccc2n2c(-c3cccs3)nccc12. The van der Waals surface area contributed by atoms with E-state index in [4.69, 9.17) is 4.74 Å². The minimum Gasteiger partial charge on any atom is -0.466 e. The summed E-state index contributed by atoms with van der Waals surface area (Å²) >= 11 is 1.66. The lowest BCUT2D eigenvalue weighted by Crippen LogP contribution is -2.07. The Morgan fingerprint density at radius 3 is 2.83 bits per heavy atom. The van der Waals surface area contributed by atoms with Gasteiger partial charge in [-0.25, -0.2) is 4.98 Å². The molecule has 0 fully saturated rings. The van der Waals surface area contributed by atoms with Crippen molar-refractivity contribution in [1.29, 1.82) is 0 Å². The molecule has 4 nitrogen and oxygen atoms in total. The number of esters is 1. The number of hydrogen-bond donors (Lipinski definition) is 0. The quantitative estimate of drug-likeness (QED) is 0.521. The zero-order valence-electron chi connectivity index (χ0n) is 13.2. The molecule has 0 spiro atoms. The monoisotopic (exact) mass is 336 g/mol. The highest BCUT2D eigenvalue weighted by molar-refractivity contribution is 7.13. The van der Waals surface area contributed by atoms with E-state index >= 15 is 0 Å². The van der Waals surface area contributed by atoms with E-state index in [0.717, 1.165) is 32.7 Å². The number of carbonyl (C=O) groups is 1. The Bertz CT molecular complexity index is 1020. The molecule has 120 valence electrons. The smallest absolute Gasteiger partial charge is 0.310 e. The van der Waals surface area contributed by atoms with Crippen LogP contribution >= 0.6 is 11.3 Å². The summed E-state index contributed by atoms with van der Waals surface area (Å²) in [5, 5.41) is 3.11. The fourth-order valence-electron chi connectivity index (χ4n) is 3.09. The Hall–Kier alpha value is -2.66. The molecule has 0 aliphatic rings. The van der Waals surface area contributed by atoms with E-state index < -0.39 is 0 Å². The largest absolute Gasteiger partial charge is 0.466 e. The van der Waals surface area contributed by atoms with Crippen LogP contribution in [0.4, 0.5) is 0 Å². The number of benzene rings is 1. The summed E-state index contributed by atoms with van der Waals surface area (Å²) in [4.78, 5) is 17.8. The lowest BCUT2D eigenvalue weighted by molar-refractivity contribution is -0.142. The normalized spacial score (nSPS) is 11.2. The molecule has 0 radical (unpaired) electrons. The van der Waals surface area contributed by atoms with Crippen molar-refractivity contribution in [3.8, 4) is 10.7 Å². The number of hydrogen-bond acceptors (Lipinski definition) is 4. The van der Waals surface area contributed by atoms with E-state index in [1.165, 1.54) is 0 Å². The first kappa shape index (κ1) is 14.9. The molecule has 4 aromatic rings. The second kappa shape index (κ2) is 6.09. The van der Waals surface area contributed by atoms with Crippen LogP contribution in [-0.2, 0) is 16.0 Å². The third-order valence-electron chi connectivity index (χ3n) is 4.03. The van der Waals surface area contributed by atoms with E-state index in [1.807, 2.05) is 36.6 Å². The van der Waals surface area contributed by atoms with Crippen molar-refractivity contribution in [2.45, 2.75) is 13.3 Å². The van der Waals surface area contributed by atoms with Crippen molar-refractivity contribution in [2.24, 2.45) is 0 Å². The van der Waals surface area contributed by atoms with Crippen molar-refractivity contribution < 1.29 is 9.53 Å². The van der Waals surface area contributed by atoms with Gasteiger partial charge in [0, 0.05) is 11.6 Å². The average molecular weight is 336 g/mol. The summed E-state index contributed by atoms with van der Waals surface area (Å²) in [6.07, 6.45) is 2.07. The number of para-hydroxylation sites is 1. The van der Waals surface area contributed by atoms with Gasteiger partial charge in [-0.1, -0.05) is 24.3 Å². The first-order valence-corrected chi connectivity index (χ1v) is 8.74. The van der Waals surface area contributed by atoms with Crippen LogP contribution in [0, 0.1) is 0 Å². The van der Waals surface area contributed by atoms with Crippen LogP contribution in [-0.4, -0.2) is 22.0 Å². The van der Waals surface area contributed by atoms with E-state index in [1.54, 1.807) is 17.5 Å². The Labute approximate surface area is 143 Å². The Morgan fingerprint density at radius 1 is 1.17 bits per heavy atom. The molecular formula is C19H16N2O2S. The molecule has 0 saturated heterocycles. The molecule has 3 aromatic heterocycles. The molecule has 0 aliphatic heterocycles. The van der Waals surface area contributed by atoms with Gasteiger partial charge in [0.15, 0.2) is 5.82 Å². The summed E-state index contributed by atoms with van der Waals surface area (Å²) in [6, 6.07) is 14.2. The average Bonchev–Trinajstić information content (AvgIpc) is 3.23. The van der Waals surface area contributed by atoms with Crippen molar-refractivity contribution in [3.63, 3.8) is 0 Å². The molecule has 24 heavy (non-hydrogen) atoms. The minimum atomic E-state index is -0.203. The standard InChI is InChI=1S/C19H16N2O2S/c1-2-23-18(22)12-14-13-6-3-4-7-15(13)21-16(14)9-10-20-19(21)17-8-5-11-24-17/h3-11H,2,12H2,1H3. The van der Waals surface area contributed by atoms with Gasteiger partial charge in [0.1, 0.15) is 0 Å². The summed E-state index contributed by atoms with van der Waals surface area (Å²) in [6.45, 7) is 2.22. The predicted octanol–water partition coefficient (Wildman–Crippen LogP) is 4.32. The van der Waals surface area contributed by atoms with Crippen LogP contribution in [0.2, 0.25) is 0 Å². The van der Waals surface area contributed by atoms with Gasteiger partial charge in [0.2, 0.25) is 0 Å². The molecule has 5 heteroatoms. The van der Waals surface area contributed by atoms with Crippen molar-refractivity contribution in [3.05, 3.63) is 59.6 Å². The molecule has 0 bridgehead atoms. The topological polar surface area (TPSA) is 43.6 Å². The maximum absolute atomic E-state index is 12.1. The molecule has 0 amide bonds. The van der Waals surface area contributed by atoms with Gasteiger partial charge < -0.3 is 4.74 Å². The summed E-state index contributed by atoms with van der Waals surface area (Å²) in [7, 11) is 0. The van der Waals surface area contributed by atoms with Gasteiger partial charge in [0.25, 0.3) is 0 Å². The van der Waals surface area contributed by atoms with Crippen LogP contribution < -0.4 is 0 Å². The number of ether oxygens (including phenoxy) is 1. The Morgan fingerprint density at radius 2 is 2.04 bits per heavy atom.